The number of halogens is 1. The molecule has 0 amide bonds. The first-order valence-corrected chi connectivity index (χ1v) is 6.36. The van der Waals surface area contributed by atoms with Gasteiger partial charge in [-0.05, 0) is 38.0 Å². The molecule has 18 heavy (non-hydrogen) atoms. The van der Waals surface area contributed by atoms with Gasteiger partial charge in [0.25, 0.3) is 0 Å². The highest BCUT2D eigenvalue weighted by molar-refractivity contribution is 5.34. The molecule has 1 atom stereocenters. The Morgan fingerprint density at radius 1 is 1.44 bits per heavy atom. The van der Waals surface area contributed by atoms with Crippen molar-refractivity contribution in [3.8, 4) is 5.75 Å². The summed E-state index contributed by atoms with van der Waals surface area (Å²) in [5, 5.41) is 3.37. The Balaban J connectivity index is 2.01. The molecule has 1 aliphatic carbocycles. The van der Waals surface area contributed by atoms with Crippen molar-refractivity contribution in [3.63, 3.8) is 0 Å². The maximum Gasteiger partial charge on any atom is 0.124 e. The summed E-state index contributed by atoms with van der Waals surface area (Å²) in [6.07, 6.45) is 2.39. The molecule has 1 aromatic carbocycles. The van der Waals surface area contributed by atoms with Gasteiger partial charge < -0.3 is 14.8 Å². The number of hydrogen-bond donors (Lipinski definition) is 1. The number of hydrogen-bond acceptors (Lipinski definition) is 3. The monoisotopic (exact) mass is 253 g/mol. The molecule has 1 fully saturated rings. The van der Waals surface area contributed by atoms with Crippen LogP contribution in [0.3, 0.4) is 0 Å². The number of rotatable bonds is 7. The Hall–Kier alpha value is -1.13. The fourth-order valence-electron chi connectivity index (χ4n) is 1.83. The second kappa shape index (κ2) is 6.16. The molecule has 0 heterocycles. The lowest BCUT2D eigenvalue weighted by Gasteiger charge is -2.17. The van der Waals surface area contributed by atoms with E-state index < -0.39 is 0 Å². The van der Waals surface area contributed by atoms with Crippen LogP contribution in [-0.4, -0.2) is 25.9 Å². The highest BCUT2D eigenvalue weighted by Crippen LogP contribution is 2.24. The van der Waals surface area contributed by atoms with Crippen LogP contribution in [0.4, 0.5) is 4.39 Å². The van der Waals surface area contributed by atoms with Crippen molar-refractivity contribution in [2.75, 3.05) is 13.7 Å². The summed E-state index contributed by atoms with van der Waals surface area (Å²) in [5.74, 6) is 0.503. The van der Waals surface area contributed by atoms with Crippen LogP contribution in [0, 0.1) is 5.82 Å². The molecule has 0 spiro atoms. The SMILES string of the molecule is COCC(C)Oc1ccc(F)cc1CNC1CC1. The normalized spacial score (nSPS) is 16.6. The minimum Gasteiger partial charge on any atom is -0.488 e. The van der Waals surface area contributed by atoms with E-state index in [4.69, 9.17) is 9.47 Å². The van der Waals surface area contributed by atoms with Gasteiger partial charge in [0.1, 0.15) is 17.7 Å². The van der Waals surface area contributed by atoms with Gasteiger partial charge in [0.05, 0.1) is 6.61 Å². The first-order chi connectivity index (χ1) is 8.69. The van der Waals surface area contributed by atoms with Gasteiger partial charge in [-0.3, -0.25) is 0 Å². The number of ether oxygens (including phenoxy) is 2. The van der Waals surface area contributed by atoms with Crippen LogP contribution in [-0.2, 0) is 11.3 Å². The van der Waals surface area contributed by atoms with Crippen molar-refractivity contribution in [3.05, 3.63) is 29.6 Å². The number of benzene rings is 1. The van der Waals surface area contributed by atoms with Gasteiger partial charge in [-0.2, -0.15) is 0 Å². The first kappa shape index (κ1) is 13.3. The molecule has 0 aromatic heterocycles. The van der Waals surface area contributed by atoms with Gasteiger partial charge in [-0.1, -0.05) is 0 Å². The van der Waals surface area contributed by atoms with Gasteiger partial charge in [0, 0.05) is 25.3 Å². The Morgan fingerprint density at radius 3 is 2.89 bits per heavy atom. The molecule has 0 aliphatic heterocycles. The molecule has 1 aliphatic rings. The molecular formula is C14H20FNO2. The van der Waals surface area contributed by atoms with Crippen molar-refractivity contribution in [1.82, 2.24) is 5.32 Å². The maximum absolute atomic E-state index is 13.3. The lowest BCUT2D eigenvalue weighted by atomic mass is 10.2. The average molecular weight is 253 g/mol. The molecule has 1 aromatic rings. The molecule has 2 rings (SSSR count). The summed E-state index contributed by atoms with van der Waals surface area (Å²) in [6, 6.07) is 5.24. The molecule has 0 saturated heterocycles. The second-order valence-electron chi connectivity index (χ2n) is 4.79. The maximum atomic E-state index is 13.3. The summed E-state index contributed by atoms with van der Waals surface area (Å²) in [7, 11) is 1.64. The van der Waals surface area contributed by atoms with E-state index in [2.05, 4.69) is 5.32 Å². The predicted molar refractivity (Wildman–Crippen MR) is 68.2 cm³/mol. The summed E-state index contributed by atoms with van der Waals surface area (Å²) in [5.41, 5.74) is 0.866. The number of nitrogens with one attached hydrogen (secondary N) is 1. The zero-order valence-electron chi connectivity index (χ0n) is 10.9. The van der Waals surface area contributed by atoms with Crippen molar-refractivity contribution in [2.24, 2.45) is 0 Å². The van der Waals surface area contributed by atoms with Gasteiger partial charge in [0.2, 0.25) is 0 Å². The van der Waals surface area contributed by atoms with Crippen LogP contribution in [0.15, 0.2) is 18.2 Å². The fraction of sp³-hybridized carbons (Fsp3) is 0.571. The van der Waals surface area contributed by atoms with Gasteiger partial charge >= 0.3 is 0 Å². The van der Waals surface area contributed by atoms with Crippen LogP contribution in [0.25, 0.3) is 0 Å². The molecule has 100 valence electrons. The van der Waals surface area contributed by atoms with Crippen LogP contribution < -0.4 is 10.1 Å². The zero-order valence-corrected chi connectivity index (χ0v) is 10.9. The Labute approximate surface area is 107 Å². The van der Waals surface area contributed by atoms with Gasteiger partial charge in [-0.25, -0.2) is 4.39 Å². The van der Waals surface area contributed by atoms with Crippen molar-refractivity contribution >= 4 is 0 Å². The van der Waals surface area contributed by atoms with Crippen molar-refractivity contribution in [2.45, 2.75) is 38.5 Å². The first-order valence-electron chi connectivity index (χ1n) is 6.36. The van der Waals surface area contributed by atoms with Crippen LogP contribution in [0.5, 0.6) is 5.75 Å². The Bertz CT molecular complexity index is 393. The molecule has 1 saturated carbocycles. The number of methoxy groups -OCH3 is 1. The predicted octanol–water partition coefficient (Wildman–Crippen LogP) is 2.49. The van der Waals surface area contributed by atoms with Crippen molar-refractivity contribution < 1.29 is 13.9 Å². The Morgan fingerprint density at radius 2 is 2.22 bits per heavy atom. The molecule has 1 N–H and O–H groups in total. The minimum absolute atomic E-state index is 0.0415. The van der Waals surface area contributed by atoms with E-state index in [1.165, 1.54) is 25.0 Å². The highest BCUT2D eigenvalue weighted by atomic mass is 19.1. The van der Waals surface area contributed by atoms with Crippen LogP contribution in [0.1, 0.15) is 25.3 Å². The van der Waals surface area contributed by atoms with Crippen LogP contribution >= 0.6 is 0 Å². The molecule has 4 heteroatoms. The van der Waals surface area contributed by atoms with E-state index >= 15 is 0 Å². The lowest BCUT2D eigenvalue weighted by Crippen LogP contribution is -2.21. The van der Waals surface area contributed by atoms with Gasteiger partial charge in [0.15, 0.2) is 0 Å². The summed E-state index contributed by atoms with van der Waals surface area (Å²) >= 11 is 0. The van der Waals surface area contributed by atoms with E-state index in [1.807, 2.05) is 6.92 Å². The van der Waals surface area contributed by atoms with E-state index in [1.54, 1.807) is 13.2 Å². The molecule has 0 bridgehead atoms. The summed E-state index contributed by atoms with van der Waals surface area (Å²) < 4.78 is 24.1. The standard InChI is InChI=1S/C14H20FNO2/c1-10(9-17-2)18-14-6-3-12(15)7-11(14)8-16-13-4-5-13/h3,6-7,10,13,16H,4-5,8-9H2,1-2H3. The van der Waals surface area contributed by atoms with Gasteiger partial charge in [-0.15, -0.1) is 0 Å². The quantitative estimate of drug-likeness (QED) is 0.810. The largest absolute Gasteiger partial charge is 0.488 e. The molecule has 1 unspecified atom stereocenters. The highest BCUT2D eigenvalue weighted by Gasteiger charge is 2.21. The third kappa shape index (κ3) is 3.96. The summed E-state index contributed by atoms with van der Waals surface area (Å²) in [6.45, 7) is 3.11. The third-order valence-corrected chi connectivity index (χ3v) is 2.91. The van der Waals surface area contributed by atoms with Crippen molar-refractivity contribution in [1.29, 1.82) is 0 Å². The lowest BCUT2D eigenvalue weighted by molar-refractivity contribution is 0.0912. The van der Waals surface area contributed by atoms with E-state index in [9.17, 15) is 4.39 Å². The smallest absolute Gasteiger partial charge is 0.124 e. The Kier molecular flexibility index (Phi) is 4.55. The average Bonchev–Trinajstić information content (AvgIpc) is 3.14. The third-order valence-electron chi connectivity index (χ3n) is 2.91. The summed E-state index contributed by atoms with van der Waals surface area (Å²) in [4.78, 5) is 0. The second-order valence-corrected chi connectivity index (χ2v) is 4.79. The minimum atomic E-state index is -0.227. The topological polar surface area (TPSA) is 30.5 Å². The van der Waals surface area contributed by atoms with Crippen LogP contribution in [0.2, 0.25) is 0 Å². The zero-order chi connectivity index (χ0) is 13.0. The van der Waals surface area contributed by atoms with E-state index in [0.717, 1.165) is 11.3 Å². The van der Waals surface area contributed by atoms with E-state index in [0.29, 0.717) is 19.2 Å². The fourth-order valence-corrected chi connectivity index (χ4v) is 1.83. The molecular weight excluding hydrogens is 233 g/mol. The molecule has 3 nitrogen and oxygen atoms in total. The molecule has 0 radical (unpaired) electrons. The van der Waals surface area contributed by atoms with E-state index in [-0.39, 0.29) is 11.9 Å².